The number of hydrogen-bond donors (Lipinski definition) is 2. The van der Waals surface area contributed by atoms with Crippen molar-refractivity contribution in [1.82, 2.24) is 10.2 Å². The fourth-order valence-corrected chi connectivity index (χ4v) is 2.55. The van der Waals surface area contributed by atoms with Crippen molar-refractivity contribution in [2.75, 3.05) is 7.05 Å². The van der Waals surface area contributed by atoms with Crippen LogP contribution in [0.1, 0.15) is 32.4 Å². The molecule has 6 heteroatoms. The lowest BCUT2D eigenvalue weighted by Gasteiger charge is -2.35. The van der Waals surface area contributed by atoms with Gasteiger partial charge in [-0.2, -0.15) is 0 Å². The van der Waals surface area contributed by atoms with E-state index in [0.717, 1.165) is 11.3 Å². The minimum absolute atomic E-state index is 0.172. The Morgan fingerprint density at radius 3 is 2.50 bits per heavy atom. The molecule has 2 N–H and O–H groups in total. The van der Waals surface area contributed by atoms with E-state index in [4.69, 9.17) is 17.0 Å². The van der Waals surface area contributed by atoms with Gasteiger partial charge in [-0.05, 0) is 50.7 Å². The lowest BCUT2D eigenvalue weighted by molar-refractivity contribution is -0.143. The monoisotopic (exact) mass is 320 g/mol. The number of benzene rings is 1. The molecule has 5 nitrogen and oxygen atoms in total. The van der Waals surface area contributed by atoms with Crippen molar-refractivity contribution in [1.29, 1.82) is 0 Å². The van der Waals surface area contributed by atoms with Crippen molar-refractivity contribution >= 4 is 23.3 Å². The number of esters is 1. The highest BCUT2D eigenvalue weighted by atomic mass is 32.1. The molecule has 1 heterocycles. The van der Waals surface area contributed by atoms with Crippen LogP contribution in [0.2, 0.25) is 0 Å². The van der Waals surface area contributed by atoms with Gasteiger partial charge in [-0.1, -0.05) is 12.1 Å². The molecule has 1 aliphatic heterocycles. The SMILES string of the molecule is CC1=C(C(=O)OC(C)C)C(c2ccc(O)cc2)NC(=S)N1C. The lowest BCUT2D eigenvalue weighted by atomic mass is 9.95. The smallest absolute Gasteiger partial charge is 0.338 e. The molecule has 1 atom stereocenters. The third-order valence-corrected chi connectivity index (χ3v) is 3.93. The largest absolute Gasteiger partial charge is 0.508 e. The van der Waals surface area contributed by atoms with Gasteiger partial charge in [-0.25, -0.2) is 4.79 Å². The molecule has 0 fully saturated rings. The molecule has 0 aliphatic carbocycles. The van der Waals surface area contributed by atoms with E-state index in [1.165, 1.54) is 0 Å². The highest BCUT2D eigenvalue weighted by Crippen LogP contribution is 2.31. The topological polar surface area (TPSA) is 61.8 Å². The Hall–Kier alpha value is -2.08. The van der Waals surface area contributed by atoms with Crippen molar-refractivity contribution in [3.8, 4) is 5.75 Å². The number of ether oxygens (including phenoxy) is 1. The molecule has 1 unspecified atom stereocenters. The maximum Gasteiger partial charge on any atom is 0.338 e. The summed E-state index contributed by atoms with van der Waals surface area (Å²) in [7, 11) is 1.81. The number of phenols is 1. The second-order valence-corrected chi connectivity index (χ2v) is 5.87. The minimum atomic E-state index is -0.393. The van der Waals surface area contributed by atoms with Gasteiger partial charge in [0.1, 0.15) is 5.75 Å². The molecule has 0 radical (unpaired) electrons. The average molecular weight is 320 g/mol. The Morgan fingerprint density at radius 2 is 1.95 bits per heavy atom. The number of nitrogens with zero attached hydrogens (tertiary/aromatic N) is 1. The molecule has 0 saturated heterocycles. The summed E-state index contributed by atoms with van der Waals surface area (Å²) in [5.41, 5.74) is 2.12. The highest BCUT2D eigenvalue weighted by Gasteiger charge is 2.33. The fraction of sp³-hybridized carbons (Fsp3) is 0.375. The predicted molar refractivity (Wildman–Crippen MR) is 88.3 cm³/mol. The number of phenolic OH excluding ortho intramolecular Hbond substituents is 1. The summed E-state index contributed by atoms with van der Waals surface area (Å²) in [6.07, 6.45) is -0.201. The zero-order chi connectivity index (χ0) is 16.4. The van der Waals surface area contributed by atoms with Crippen LogP contribution >= 0.6 is 12.2 Å². The molecule has 0 aromatic heterocycles. The highest BCUT2D eigenvalue weighted by molar-refractivity contribution is 7.80. The van der Waals surface area contributed by atoms with Gasteiger partial charge >= 0.3 is 5.97 Å². The Labute approximate surface area is 135 Å². The van der Waals surface area contributed by atoms with Crippen LogP contribution in [0.25, 0.3) is 0 Å². The van der Waals surface area contributed by atoms with Gasteiger partial charge in [-0.3, -0.25) is 0 Å². The molecule has 0 saturated carbocycles. The van der Waals surface area contributed by atoms with Gasteiger partial charge in [0, 0.05) is 12.7 Å². The van der Waals surface area contributed by atoms with Gasteiger partial charge in [-0.15, -0.1) is 0 Å². The fourth-order valence-electron chi connectivity index (χ4n) is 2.29. The molecule has 118 valence electrons. The summed E-state index contributed by atoms with van der Waals surface area (Å²) in [6.45, 7) is 5.47. The van der Waals surface area contributed by atoms with Crippen molar-refractivity contribution in [2.45, 2.75) is 32.9 Å². The number of carbonyl (C=O) groups is 1. The molecule has 22 heavy (non-hydrogen) atoms. The summed E-state index contributed by atoms with van der Waals surface area (Å²) in [5, 5.41) is 13.1. The third kappa shape index (κ3) is 3.22. The molecule has 0 amide bonds. The zero-order valence-electron chi connectivity index (χ0n) is 13.1. The number of hydrogen-bond acceptors (Lipinski definition) is 4. The van der Waals surface area contributed by atoms with Crippen LogP contribution in [0.3, 0.4) is 0 Å². The van der Waals surface area contributed by atoms with Crippen LogP contribution in [-0.2, 0) is 9.53 Å². The number of aromatic hydroxyl groups is 1. The van der Waals surface area contributed by atoms with Crippen LogP contribution in [0.5, 0.6) is 5.75 Å². The molecule has 1 aliphatic rings. The maximum atomic E-state index is 12.5. The van der Waals surface area contributed by atoms with E-state index in [1.54, 1.807) is 36.2 Å². The van der Waals surface area contributed by atoms with E-state index in [2.05, 4.69) is 5.32 Å². The van der Waals surface area contributed by atoms with Crippen LogP contribution in [-0.4, -0.2) is 34.2 Å². The number of carbonyl (C=O) groups excluding carboxylic acids is 1. The van der Waals surface area contributed by atoms with E-state index < -0.39 is 6.04 Å². The van der Waals surface area contributed by atoms with Crippen LogP contribution in [0.4, 0.5) is 0 Å². The van der Waals surface area contributed by atoms with Crippen LogP contribution in [0, 0.1) is 0 Å². The second-order valence-electron chi connectivity index (χ2n) is 5.49. The lowest BCUT2D eigenvalue weighted by Crippen LogP contribution is -2.46. The van der Waals surface area contributed by atoms with Crippen molar-refractivity contribution in [3.63, 3.8) is 0 Å². The predicted octanol–water partition coefficient (Wildman–Crippen LogP) is 2.48. The number of rotatable bonds is 3. The Bertz CT molecular complexity index is 623. The zero-order valence-corrected chi connectivity index (χ0v) is 13.9. The van der Waals surface area contributed by atoms with Gasteiger partial charge < -0.3 is 20.1 Å². The minimum Gasteiger partial charge on any atom is -0.508 e. The van der Waals surface area contributed by atoms with E-state index in [-0.39, 0.29) is 17.8 Å². The van der Waals surface area contributed by atoms with E-state index >= 15 is 0 Å². The van der Waals surface area contributed by atoms with Gasteiger partial charge in [0.15, 0.2) is 5.11 Å². The first-order valence-corrected chi connectivity index (χ1v) is 7.47. The summed E-state index contributed by atoms with van der Waals surface area (Å²) in [4.78, 5) is 14.2. The molecule has 0 spiro atoms. The van der Waals surface area contributed by atoms with E-state index in [9.17, 15) is 9.90 Å². The standard InChI is InChI=1S/C16H20N2O3S/c1-9(2)21-15(20)13-10(3)18(4)16(22)17-14(13)11-5-7-12(19)8-6-11/h5-9,14,19H,1-4H3,(H,17,22). The second kappa shape index (κ2) is 6.36. The molecule has 1 aromatic carbocycles. The van der Waals surface area contributed by atoms with Crippen molar-refractivity contribution in [3.05, 3.63) is 41.1 Å². The molecular formula is C16H20N2O3S. The Balaban J connectivity index is 2.47. The third-order valence-electron chi connectivity index (χ3n) is 3.54. The molecule has 2 rings (SSSR count). The number of nitrogens with one attached hydrogen (secondary N) is 1. The van der Waals surface area contributed by atoms with E-state index in [0.29, 0.717) is 10.7 Å². The summed E-state index contributed by atoms with van der Waals surface area (Å²) in [5.74, 6) is -0.196. The van der Waals surface area contributed by atoms with Crippen LogP contribution in [0.15, 0.2) is 35.5 Å². The van der Waals surface area contributed by atoms with Crippen molar-refractivity contribution < 1.29 is 14.6 Å². The van der Waals surface area contributed by atoms with Crippen LogP contribution < -0.4 is 5.32 Å². The maximum absolute atomic E-state index is 12.5. The van der Waals surface area contributed by atoms with Gasteiger partial charge in [0.2, 0.25) is 0 Å². The molecule has 0 bridgehead atoms. The number of allylic oxidation sites excluding steroid dienone is 1. The number of thiocarbonyl (C=S) groups is 1. The first-order valence-electron chi connectivity index (χ1n) is 7.06. The Kier molecular flexibility index (Phi) is 4.71. The normalized spacial score (nSPS) is 18.5. The molecule has 1 aromatic rings. The summed E-state index contributed by atoms with van der Waals surface area (Å²) < 4.78 is 5.36. The first-order chi connectivity index (χ1) is 10.3. The quantitative estimate of drug-likeness (QED) is 0.659. The summed E-state index contributed by atoms with van der Waals surface area (Å²) >= 11 is 5.31. The van der Waals surface area contributed by atoms with Gasteiger partial charge in [0.05, 0.1) is 17.7 Å². The van der Waals surface area contributed by atoms with E-state index in [1.807, 2.05) is 20.8 Å². The average Bonchev–Trinajstić information content (AvgIpc) is 2.44. The van der Waals surface area contributed by atoms with Gasteiger partial charge in [0.25, 0.3) is 0 Å². The Morgan fingerprint density at radius 1 is 1.36 bits per heavy atom. The van der Waals surface area contributed by atoms with Crippen molar-refractivity contribution in [2.24, 2.45) is 0 Å². The molecular weight excluding hydrogens is 300 g/mol. The summed E-state index contributed by atoms with van der Waals surface area (Å²) in [6, 6.07) is 6.29. The first kappa shape index (κ1) is 16.3.